The minimum atomic E-state index is -3.04. The SMILES string of the molecule is COC(C)(C)CNCC1CCCN(S(C)(=O)=O)C1. The van der Waals surface area contributed by atoms with Crippen molar-refractivity contribution < 1.29 is 13.2 Å². The third-order valence-corrected chi connectivity index (χ3v) is 4.76. The van der Waals surface area contributed by atoms with Crippen LogP contribution in [0.3, 0.4) is 0 Å². The molecule has 0 aliphatic carbocycles. The highest BCUT2D eigenvalue weighted by atomic mass is 32.2. The van der Waals surface area contributed by atoms with Gasteiger partial charge >= 0.3 is 0 Å². The number of hydrogen-bond donors (Lipinski definition) is 1. The fourth-order valence-electron chi connectivity index (χ4n) is 2.14. The molecule has 1 aliphatic heterocycles. The van der Waals surface area contributed by atoms with Gasteiger partial charge in [0.05, 0.1) is 11.9 Å². The molecule has 5 nitrogen and oxygen atoms in total. The summed E-state index contributed by atoms with van der Waals surface area (Å²) in [5.41, 5.74) is -0.175. The van der Waals surface area contributed by atoms with E-state index in [-0.39, 0.29) is 5.60 Å². The second-order valence-corrected chi connectivity index (χ2v) is 7.71. The van der Waals surface area contributed by atoms with Crippen LogP contribution in [-0.4, -0.2) is 57.9 Å². The van der Waals surface area contributed by atoms with Crippen molar-refractivity contribution in [2.45, 2.75) is 32.3 Å². The Morgan fingerprint density at radius 2 is 2.11 bits per heavy atom. The van der Waals surface area contributed by atoms with Gasteiger partial charge in [0.15, 0.2) is 0 Å². The van der Waals surface area contributed by atoms with Crippen molar-refractivity contribution >= 4 is 10.0 Å². The van der Waals surface area contributed by atoms with Gasteiger partial charge in [-0.05, 0) is 39.2 Å². The number of rotatable bonds is 6. The van der Waals surface area contributed by atoms with Crippen LogP contribution in [0.2, 0.25) is 0 Å². The average molecular weight is 278 g/mol. The molecule has 108 valence electrons. The van der Waals surface area contributed by atoms with E-state index in [0.717, 1.165) is 25.9 Å². The van der Waals surface area contributed by atoms with Gasteiger partial charge in [-0.2, -0.15) is 0 Å². The summed E-state index contributed by atoms with van der Waals surface area (Å²) in [6.07, 6.45) is 3.33. The maximum absolute atomic E-state index is 11.5. The van der Waals surface area contributed by atoms with E-state index in [4.69, 9.17) is 4.74 Å². The fourth-order valence-corrected chi connectivity index (χ4v) is 3.09. The second kappa shape index (κ2) is 6.32. The Balaban J connectivity index is 2.35. The van der Waals surface area contributed by atoms with Crippen LogP contribution in [-0.2, 0) is 14.8 Å². The molecule has 1 fully saturated rings. The van der Waals surface area contributed by atoms with E-state index in [1.165, 1.54) is 6.26 Å². The number of ether oxygens (including phenoxy) is 1. The highest BCUT2D eigenvalue weighted by Gasteiger charge is 2.26. The molecule has 0 aromatic carbocycles. The van der Waals surface area contributed by atoms with Gasteiger partial charge in [-0.3, -0.25) is 0 Å². The number of piperidine rings is 1. The van der Waals surface area contributed by atoms with Crippen LogP contribution in [0.15, 0.2) is 0 Å². The molecule has 0 radical (unpaired) electrons. The summed E-state index contributed by atoms with van der Waals surface area (Å²) in [4.78, 5) is 0. The zero-order chi connectivity index (χ0) is 13.8. The molecule has 18 heavy (non-hydrogen) atoms. The molecule has 0 amide bonds. The predicted molar refractivity (Wildman–Crippen MR) is 73.1 cm³/mol. The topological polar surface area (TPSA) is 58.6 Å². The molecule has 0 aromatic heterocycles. The second-order valence-electron chi connectivity index (χ2n) is 5.72. The van der Waals surface area contributed by atoms with Gasteiger partial charge < -0.3 is 10.1 Å². The van der Waals surface area contributed by atoms with Gasteiger partial charge in [0.2, 0.25) is 10.0 Å². The maximum atomic E-state index is 11.5. The lowest BCUT2D eigenvalue weighted by Crippen LogP contribution is -2.44. The third kappa shape index (κ3) is 5.22. The molecule has 0 spiro atoms. The molecule has 0 saturated carbocycles. The molecule has 1 unspecified atom stereocenters. The van der Waals surface area contributed by atoms with Crippen LogP contribution in [0.5, 0.6) is 0 Å². The Morgan fingerprint density at radius 1 is 1.44 bits per heavy atom. The first-order chi connectivity index (χ1) is 8.24. The van der Waals surface area contributed by atoms with Crippen molar-refractivity contribution in [1.82, 2.24) is 9.62 Å². The molecular formula is C12H26N2O3S. The van der Waals surface area contributed by atoms with Crippen LogP contribution in [0.4, 0.5) is 0 Å². The summed E-state index contributed by atoms with van der Waals surface area (Å²) >= 11 is 0. The Morgan fingerprint density at radius 3 is 2.67 bits per heavy atom. The van der Waals surface area contributed by atoms with Gasteiger partial charge in [-0.25, -0.2) is 12.7 Å². The van der Waals surface area contributed by atoms with E-state index in [2.05, 4.69) is 5.32 Å². The molecule has 1 aliphatic rings. The zero-order valence-electron chi connectivity index (χ0n) is 11.9. The van der Waals surface area contributed by atoms with Crippen LogP contribution in [0, 0.1) is 5.92 Å². The molecule has 0 bridgehead atoms. The van der Waals surface area contributed by atoms with Crippen molar-refractivity contribution in [3.8, 4) is 0 Å². The molecule has 6 heteroatoms. The minimum Gasteiger partial charge on any atom is -0.377 e. The molecule has 0 aromatic rings. The fraction of sp³-hybridized carbons (Fsp3) is 1.00. The lowest BCUT2D eigenvalue weighted by molar-refractivity contribution is 0.0222. The van der Waals surface area contributed by atoms with Crippen molar-refractivity contribution in [3.05, 3.63) is 0 Å². The molecule has 1 atom stereocenters. The first kappa shape index (κ1) is 15.9. The number of nitrogens with one attached hydrogen (secondary N) is 1. The lowest BCUT2D eigenvalue weighted by Gasteiger charge is -2.32. The Hall–Kier alpha value is -0.170. The largest absolute Gasteiger partial charge is 0.377 e. The number of nitrogens with zero attached hydrogens (tertiary/aromatic N) is 1. The van der Waals surface area contributed by atoms with E-state index in [1.807, 2.05) is 13.8 Å². The van der Waals surface area contributed by atoms with E-state index < -0.39 is 10.0 Å². The van der Waals surface area contributed by atoms with Gasteiger partial charge in [0.25, 0.3) is 0 Å². The molecule has 1 saturated heterocycles. The van der Waals surface area contributed by atoms with Gasteiger partial charge in [-0.1, -0.05) is 0 Å². The number of methoxy groups -OCH3 is 1. The van der Waals surface area contributed by atoms with E-state index in [1.54, 1.807) is 11.4 Å². The van der Waals surface area contributed by atoms with Gasteiger partial charge in [0, 0.05) is 26.7 Å². The predicted octanol–water partition coefficient (Wildman–Crippen LogP) is 0.673. The van der Waals surface area contributed by atoms with E-state index in [9.17, 15) is 8.42 Å². The standard InChI is InChI=1S/C12H26N2O3S/c1-12(2,17-3)10-13-8-11-6-5-7-14(9-11)18(4,15)16/h11,13H,5-10H2,1-4H3. The molecular weight excluding hydrogens is 252 g/mol. The highest BCUT2D eigenvalue weighted by Crippen LogP contribution is 2.18. The summed E-state index contributed by atoms with van der Waals surface area (Å²) < 4.78 is 29.9. The smallest absolute Gasteiger partial charge is 0.211 e. The van der Waals surface area contributed by atoms with Gasteiger partial charge in [-0.15, -0.1) is 0 Å². The summed E-state index contributed by atoms with van der Waals surface area (Å²) in [5, 5.41) is 3.37. The zero-order valence-corrected chi connectivity index (χ0v) is 12.7. The summed E-state index contributed by atoms with van der Waals surface area (Å²) in [5.74, 6) is 0.404. The quantitative estimate of drug-likeness (QED) is 0.776. The Bertz CT molecular complexity index is 354. The first-order valence-electron chi connectivity index (χ1n) is 6.45. The van der Waals surface area contributed by atoms with E-state index in [0.29, 0.717) is 19.0 Å². The van der Waals surface area contributed by atoms with Crippen LogP contribution in [0.25, 0.3) is 0 Å². The maximum Gasteiger partial charge on any atom is 0.211 e. The normalized spacial score (nSPS) is 23.2. The monoisotopic (exact) mass is 278 g/mol. The summed E-state index contributed by atoms with van der Waals surface area (Å²) in [6.45, 7) is 6.99. The first-order valence-corrected chi connectivity index (χ1v) is 8.30. The highest BCUT2D eigenvalue weighted by molar-refractivity contribution is 7.88. The van der Waals surface area contributed by atoms with Crippen LogP contribution >= 0.6 is 0 Å². The van der Waals surface area contributed by atoms with Crippen molar-refractivity contribution in [2.24, 2.45) is 5.92 Å². The van der Waals surface area contributed by atoms with Crippen LogP contribution < -0.4 is 5.32 Å². The summed E-state index contributed by atoms with van der Waals surface area (Å²) in [6, 6.07) is 0. The lowest BCUT2D eigenvalue weighted by atomic mass is 9.99. The number of hydrogen-bond acceptors (Lipinski definition) is 4. The average Bonchev–Trinajstić information content (AvgIpc) is 2.28. The van der Waals surface area contributed by atoms with Gasteiger partial charge in [0.1, 0.15) is 0 Å². The van der Waals surface area contributed by atoms with Crippen molar-refractivity contribution in [3.63, 3.8) is 0 Å². The Kier molecular flexibility index (Phi) is 5.58. The molecule has 1 heterocycles. The van der Waals surface area contributed by atoms with Crippen molar-refractivity contribution in [2.75, 3.05) is 39.5 Å². The number of sulfonamides is 1. The minimum absolute atomic E-state index is 0.175. The van der Waals surface area contributed by atoms with Crippen LogP contribution in [0.1, 0.15) is 26.7 Å². The molecule has 1 N–H and O–H groups in total. The molecule has 1 rings (SSSR count). The summed E-state index contributed by atoms with van der Waals surface area (Å²) in [7, 11) is -1.33. The van der Waals surface area contributed by atoms with E-state index >= 15 is 0 Å². The Labute approximate surface area is 111 Å². The third-order valence-electron chi connectivity index (χ3n) is 3.49. The van der Waals surface area contributed by atoms with Crippen molar-refractivity contribution in [1.29, 1.82) is 0 Å².